The molecule has 32 heavy (non-hydrogen) atoms. The van der Waals surface area contributed by atoms with Gasteiger partial charge in [-0.3, -0.25) is 14.8 Å². The molecular weight excluding hydrogens is 410 g/mol. The molecule has 0 unspecified atom stereocenters. The number of rotatable bonds is 11. The number of hydrogen-bond acceptors (Lipinski definition) is 7. The molecule has 0 aliphatic rings. The summed E-state index contributed by atoms with van der Waals surface area (Å²) in [5.41, 5.74) is 3.65. The molecule has 0 saturated carbocycles. The molecule has 0 bridgehead atoms. The summed E-state index contributed by atoms with van der Waals surface area (Å²) in [5, 5.41) is 15.4. The molecule has 2 aromatic carbocycles. The number of benzene rings is 2. The molecule has 0 spiro atoms. The van der Waals surface area contributed by atoms with Crippen LogP contribution in [0.3, 0.4) is 0 Å². The van der Waals surface area contributed by atoms with Crippen molar-refractivity contribution in [3.63, 3.8) is 0 Å². The summed E-state index contributed by atoms with van der Waals surface area (Å²) in [6.45, 7) is 0.551. The first-order chi connectivity index (χ1) is 15.6. The third kappa shape index (κ3) is 6.39. The first-order valence-electron chi connectivity index (χ1n) is 10.5. The molecule has 9 heteroatoms. The second kappa shape index (κ2) is 11.6. The van der Waals surface area contributed by atoms with Gasteiger partial charge in [0.25, 0.3) is 5.91 Å². The van der Waals surface area contributed by atoms with Gasteiger partial charge in [-0.15, -0.1) is 0 Å². The minimum absolute atomic E-state index is 0.160. The fraction of sp³-hybridized carbons (Fsp3) is 0.304. The third-order valence-corrected chi connectivity index (χ3v) is 4.97. The zero-order chi connectivity index (χ0) is 22.8. The molecule has 0 atom stereocenters. The monoisotopic (exact) mass is 437 g/mol. The predicted octanol–water partition coefficient (Wildman–Crippen LogP) is 3.57. The van der Waals surface area contributed by atoms with E-state index in [1.54, 1.807) is 24.7 Å². The number of hydroxylamine groups is 1. The van der Waals surface area contributed by atoms with Crippen LogP contribution in [-0.4, -0.2) is 40.6 Å². The highest BCUT2D eigenvalue weighted by Crippen LogP contribution is 2.25. The maximum atomic E-state index is 12.5. The zero-order valence-corrected chi connectivity index (χ0v) is 17.9. The Kier molecular flexibility index (Phi) is 8.33. The standard InChI is InChI=1S/C23H27N5O4/c1-32-18-8-6-7-17(14-18)27-22-19-11-10-16(13-20(19)25-15-26-22)23(30)24-12-5-3-2-4-9-21(29)28-31/h6-8,10-11,13-15,31H,2-5,9,12H2,1H3,(H,24,30)(H,28,29)(H,25,26,27). The number of unbranched alkanes of at least 4 members (excludes halogenated alkanes) is 3. The van der Waals surface area contributed by atoms with Crippen molar-refractivity contribution >= 4 is 34.2 Å². The van der Waals surface area contributed by atoms with Gasteiger partial charge in [-0.1, -0.05) is 18.9 Å². The van der Waals surface area contributed by atoms with Crippen LogP contribution < -0.4 is 20.9 Å². The fourth-order valence-electron chi connectivity index (χ4n) is 3.26. The van der Waals surface area contributed by atoms with E-state index in [4.69, 9.17) is 9.94 Å². The Labute approximate surface area is 186 Å². The van der Waals surface area contributed by atoms with E-state index in [1.165, 1.54) is 6.33 Å². The third-order valence-electron chi connectivity index (χ3n) is 4.97. The van der Waals surface area contributed by atoms with E-state index in [9.17, 15) is 9.59 Å². The average Bonchev–Trinajstić information content (AvgIpc) is 2.83. The highest BCUT2D eigenvalue weighted by molar-refractivity contribution is 6.00. The van der Waals surface area contributed by atoms with Crippen LogP contribution in [0.2, 0.25) is 0 Å². The van der Waals surface area contributed by atoms with Crippen molar-refractivity contribution in [2.24, 2.45) is 0 Å². The summed E-state index contributed by atoms with van der Waals surface area (Å²) in [6.07, 6.45) is 5.04. The van der Waals surface area contributed by atoms with Crippen molar-refractivity contribution in [1.29, 1.82) is 0 Å². The van der Waals surface area contributed by atoms with Crippen LogP contribution in [0.15, 0.2) is 48.8 Å². The van der Waals surface area contributed by atoms with E-state index >= 15 is 0 Å². The van der Waals surface area contributed by atoms with Gasteiger partial charge in [-0.05, 0) is 43.2 Å². The predicted molar refractivity (Wildman–Crippen MR) is 121 cm³/mol. The van der Waals surface area contributed by atoms with Crippen LogP contribution in [0.5, 0.6) is 5.75 Å². The minimum Gasteiger partial charge on any atom is -0.497 e. The Morgan fingerprint density at radius 3 is 2.69 bits per heavy atom. The van der Waals surface area contributed by atoms with E-state index in [-0.39, 0.29) is 11.8 Å². The first kappa shape index (κ1) is 23.0. The van der Waals surface area contributed by atoms with E-state index < -0.39 is 0 Å². The van der Waals surface area contributed by atoms with Crippen LogP contribution in [0.25, 0.3) is 10.9 Å². The Bertz CT molecular complexity index is 1070. The van der Waals surface area contributed by atoms with E-state index in [2.05, 4.69) is 20.6 Å². The molecule has 0 aliphatic carbocycles. The average molecular weight is 438 g/mol. The van der Waals surface area contributed by atoms with Gasteiger partial charge in [0.05, 0.1) is 12.6 Å². The van der Waals surface area contributed by atoms with Gasteiger partial charge in [-0.25, -0.2) is 15.4 Å². The smallest absolute Gasteiger partial charge is 0.251 e. The topological polar surface area (TPSA) is 125 Å². The normalized spacial score (nSPS) is 10.6. The van der Waals surface area contributed by atoms with Crippen molar-refractivity contribution in [3.05, 3.63) is 54.4 Å². The molecule has 168 valence electrons. The molecule has 0 fully saturated rings. The lowest BCUT2D eigenvalue weighted by Crippen LogP contribution is -2.24. The van der Waals surface area contributed by atoms with Gasteiger partial charge in [0.1, 0.15) is 17.9 Å². The number of methoxy groups -OCH3 is 1. The number of fused-ring (bicyclic) bond motifs is 1. The highest BCUT2D eigenvalue weighted by atomic mass is 16.5. The van der Waals surface area contributed by atoms with Crippen LogP contribution in [0, 0.1) is 0 Å². The number of carbonyl (C=O) groups is 2. The molecule has 3 rings (SSSR count). The number of ether oxygens (including phenoxy) is 1. The number of nitrogens with one attached hydrogen (secondary N) is 3. The molecule has 3 aromatic rings. The summed E-state index contributed by atoms with van der Waals surface area (Å²) in [6, 6.07) is 12.9. The summed E-state index contributed by atoms with van der Waals surface area (Å²) in [7, 11) is 1.62. The number of nitrogens with zero attached hydrogens (tertiary/aromatic N) is 2. The van der Waals surface area contributed by atoms with E-state index in [1.807, 2.05) is 30.3 Å². The molecule has 0 aliphatic heterocycles. The molecule has 1 aromatic heterocycles. The second-order valence-corrected chi connectivity index (χ2v) is 7.27. The number of carbonyl (C=O) groups excluding carboxylic acids is 2. The molecule has 2 amide bonds. The minimum atomic E-state index is -0.375. The highest BCUT2D eigenvalue weighted by Gasteiger charge is 2.10. The summed E-state index contributed by atoms with van der Waals surface area (Å²) < 4.78 is 5.25. The molecule has 9 nitrogen and oxygen atoms in total. The molecular formula is C23H27N5O4. The summed E-state index contributed by atoms with van der Waals surface area (Å²) >= 11 is 0. The Morgan fingerprint density at radius 1 is 1.03 bits per heavy atom. The van der Waals surface area contributed by atoms with Gasteiger partial charge < -0.3 is 15.4 Å². The van der Waals surface area contributed by atoms with Gasteiger partial charge in [0.15, 0.2) is 0 Å². The van der Waals surface area contributed by atoms with Crippen LogP contribution in [0.4, 0.5) is 11.5 Å². The van der Waals surface area contributed by atoms with Gasteiger partial charge in [-0.2, -0.15) is 0 Å². The van der Waals surface area contributed by atoms with Gasteiger partial charge >= 0.3 is 0 Å². The van der Waals surface area contributed by atoms with Crippen LogP contribution in [-0.2, 0) is 4.79 Å². The van der Waals surface area contributed by atoms with Crippen LogP contribution >= 0.6 is 0 Å². The molecule has 4 N–H and O–H groups in total. The Morgan fingerprint density at radius 2 is 1.88 bits per heavy atom. The number of anilines is 2. The molecule has 0 radical (unpaired) electrons. The number of amides is 2. The lowest BCUT2D eigenvalue weighted by Gasteiger charge is -2.10. The SMILES string of the molecule is COc1cccc(Nc2ncnc3cc(C(=O)NCCCCCCC(=O)NO)ccc23)c1. The van der Waals surface area contributed by atoms with E-state index in [0.717, 1.165) is 36.1 Å². The molecule has 1 heterocycles. The van der Waals surface area contributed by atoms with E-state index in [0.29, 0.717) is 36.3 Å². The van der Waals surface area contributed by atoms with Crippen molar-refractivity contribution in [2.45, 2.75) is 32.1 Å². The fourth-order valence-corrected chi connectivity index (χ4v) is 3.26. The van der Waals surface area contributed by atoms with Gasteiger partial charge in [0, 0.05) is 35.7 Å². The lowest BCUT2D eigenvalue weighted by molar-refractivity contribution is -0.129. The molecule has 0 saturated heterocycles. The second-order valence-electron chi connectivity index (χ2n) is 7.27. The van der Waals surface area contributed by atoms with Crippen molar-refractivity contribution < 1.29 is 19.5 Å². The quantitative estimate of drug-likeness (QED) is 0.205. The van der Waals surface area contributed by atoms with Crippen molar-refractivity contribution in [3.8, 4) is 5.75 Å². The zero-order valence-electron chi connectivity index (χ0n) is 17.9. The number of hydrogen-bond donors (Lipinski definition) is 4. The summed E-state index contributed by atoms with van der Waals surface area (Å²) in [4.78, 5) is 32.1. The van der Waals surface area contributed by atoms with Gasteiger partial charge in [0.2, 0.25) is 5.91 Å². The number of aromatic nitrogens is 2. The maximum Gasteiger partial charge on any atom is 0.251 e. The Hall–Kier alpha value is -3.72. The Balaban J connectivity index is 1.56. The first-order valence-corrected chi connectivity index (χ1v) is 10.5. The maximum absolute atomic E-state index is 12.5. The van der Waals surface area contributed by atoms with Crippen molar-refractivity contribution in [1.82, 2.24) is 20.8 Å². The van der Waals surface area contributed by atoms with Crippen molar-refractivity contribution in [2.75, 3.05) is 19.0 Å². The lowest BCUT2D eigenvalue weighted by atomic mass is 10.1. The van der Waals surface area contributed by atoms with Crippen LogP contribution in [0.1, 0.15) is 42.5 Å². The largest absolute Gasteiger partial charge is 0.497 e. The summed E-state index contributed by atoms with van der Waals surface area (Å²) in [5.74, 6) is 0.848.